The van der Waals surface area contributed by atoms with Crippen molar-refractivity contribution in [3.8, 4) is 0 Å². The summed E-state index contributed by atoms with van der Waals surface area (Å²) in [5, 5.41) is 1.64. The number of rotatable bonds is 5. The predicted molar refractivity (Wildman–Crippen MR) is 72.6 cm³/mol. The van der Waals surface area contributed by atoms with Gasteiger partial charge in [-0.3, -0.25) is 18.9 Å². The lowest BCUT2D eigenvalue weighted by Gasteiger charge is -2.24. The zero-order valence-electron chi connectivity index (χ0n) is 10.6. The van der Waals surface area contributed by atoms with Crippen LogP contribution in [0.5, 0.6) is 0 Å². The molecule has 0 aliphatic heterocycles. The summed E-state index contributed by atoms with van der Waals surface area (Å²) in [6.07, 6.45) is 2.86. The molecule has 6 nitrogen and oxygen atoms in total. The molecule has 0 radical (unpaired) electrons. The molecule has 19 heavy (non-hydrogen) atoms. The van der Waals surface area contributed by atoms with E-state index in [4.69, 9.17) is 0 Å². The minimum Gasteiger partial charge on any atom is -0.294 e. The minimum atomic E-state index is -3.58. The number of thiazole rings is 1. The van der Waals surface area contributed by atoms with E-state index in [2.05, 4.69) is 0 Å². The van der Waals surface area contributed by atoms with Gasteiger partial charge in [0.05, 0.1) is 5.75 Å². The number of sulfonamides is 1. The first-order chi connectivity index (χ1) is 8.87. The van der Waals surface area contributed by atoms with E-state index in [1.165, 1.54) is 4.57 Å². The number of carbonyl (C=O) groups excluding carboxylic acids is 1. The van der Waals surface area contributed by atoms with Crippen LogP contribution in [-0.4, -0.2) is 24.6 Å². The number of carbonyl (C=O) groups is 1. The highest BCUT2D eigenvalue weighted by Crippen LogP contribution is 2.27. The Bertz CT molecular complexity index is 625. The summed E-state index contributed by atoms with van der Waals surface area (Å²) in [5.74, 6) is -0.505. The van der Waals surface area contributed by atoms with Gasteiger partial charge in [0, 0.05) is 11.1 Å². The summed E-state index contributed by atoms with van der Waals surface area (Å²) in [5.41, 5.74) is 0.654. The predicted octanol–water partition coefficient (Wildman–Crippen LogP) is 0.464. The second-order valence-corrected chi connectivity index (χ2v) is 7.42. The topological polar surface area (TPSA) is 85.2 Å². The number of amides is 1. The van der Waals surface area contributed by atoms with Crippen molar-refractivity contribution < 1.29 is 13.2 Å². The van der Waals surface area contributed by atoms with E-state index >= 15 is 0 Å². The average Bonchev–Trinajstić information content (AvgIpc) is 2.55. The van der Waals surface area contributed by atoms with Crippen molar-refractivity contribution in [2.24, 2.45) is 5.92 Å². The fourth-order valence-electron chi connectivity index (χ4n) is 1.96. The number of nitrogens with zero attached hydrogens (tertiary/aromatic N) is 1. The van der Waals surface area contributed by atoms with Crippen molar-refractivity contribution in [2.45, 2.75) is 32.7 Å². The third-order valence-corrected chi connectivity index (χ3v) is 5.56. The van der Waals surface area contributed by atoms with Crippen LogP contribution < -0.4 is 9.60 Å². The van der Waals surface area contributed by atoms with Crippen LogP contribution in [0.25, 0.3) is 0 Å². The summed E-state index contributed by atoms with van der Waals surface area (Å²) >= 11 is 0.992. The molecule has 0 unspecified atom stereocenters. The van der Waals surface area contributed by atoms with E-state index < -0.39 is 15.9 Å². The maximum absolute atomic E-state index is 11.7. The zero-order chi connectivity index (χ0) is 14.0. The molecular weight excluding hydrogens is 288 g/mol. The summed E-state index contributed by atoms with van der Waals surface area (Å²) in [6.45, 7) is 1.45. The number of aryl methyl sites for hydroxylation is 1. The minimum absolute atomic E-state index is 0.00371. The van der Waals surface area contributed by atoms with Gasteiger partial charge in [0.1, 0.15) is 6.54 Å². The number of nitrogens with one attached hydrogen (secondary N) is 1. The summed E-state index contributed by atoms with van der Waals surface area (Å²) in [6, 6.07) is 0. The molecule has 1 heterocycles. The third-order valence-electron chi connectivity index (χ3n) is 3.23. The van der Waals surface area contributed by atoms with Crippen molar-refractivity contribution >= 4 is 27.3 Å². The fraction of sp³-hybridized carbons (Fsp3) is 0.636. The van der Waals surface area contributed by atoms with E-state index in [9.17, 15) is 18.0 Å². The molecule has 1 aliphatic carbocycles. The molecule has 0 saturated heterocycles. The van der Waals surface area contributed by atoms with Crippen LogP contribution in [-0.2, 0) is 21.4 Å². The lowest BCUT2D eigenvalue weighted by molar-refractivity contribution is -0.119. The van der Waals surface area contributed by atoms with Gasteiger partial charge in [-0.1, -0.05) is 17.8 Å². The van der Waals surface area contributed by atoms with Crippen molar-refractivity contribution in [2.75, 3.05) is 5.75 Å². The van der Waals surface area contributed by atoms with Crippen LogP contribution in [0.3, 0.4) is 0 Å². The van der Waals surface area contributed by atoms with Gasteiger partial charge in [-0.25, -0.2) is 8.42 Å². The summed E-state index contributed by atoms with van der Waals surface area (Å²) in [7, 11) is -3.58. The van der Waals surface area contributed by atoms with Gasteiger partial charge in [-0.05, 0) is 25.7 Å². The number of hydrogen-bond acceptors (Lipinski definition) is 5. The van der Waals surface area contributed by atoms with Gasteiger partial charge in [-0.15, -0.1) is 0 Å². The molecule has 0 atom stereocenters. The Morgan fingerprint density at radius 1 is 1.53 bits per heavy atom. The Kier molecular flexibility index (Phi) is 4.10. The lowest BCUT2D eigenvalue weighted by atomic mass is 9.87. The third kappa shape index (κ3) is 3.66. The summed E-state index contributed by atoms with van der Waals surface area (Å²) < 4.78 is 26.7. The maximum atomic E-state index is 11.7. The van der Waals surface area contributed by atoms with Crippen molar-refractivity contribution in [1.29, 1.82) is 0 Å². The molecule has 0 aromatic carbocycles. The van der Waals surface area contributed by atoms with Crippen LogP contribution in [0.4, 0.5) is 0 Å². The molecule has 1 fully saturated rings. The maximum Gasteiger partial charge on any atom is 0.307 e. The van der Waals surface area contributed by atoms with Crippen LogP contribution in [0.15, 0.2) is 10.2 Å². The Morgan fingerprint density at radius 3 is 2.68 bits per heavy atom. The number of aromatic nitrogens is 1. The van der Waals surface area contributed by atoms with Crippen molar-refractivity contribution in [3.05, 3.63) is 20.7 Å². The Morgan fingerprint density at radius 2 is 2.21 bits per heavy atom. The molecule has 1 amide bonds. The number of hydrogen-bond donors (Lipinski definition) is 1. The second kappa shape index (κ2) is 5.46. The fourth-order valence-corrected chi connectivity index (χ4v) is 4.14. The monoisotopic (exact) mass is 304 g/mol. The van der Waals surface area contributed by atoms with Crippen LogP contribution in [0.1, 0.15) is 25.0 Å². The first kappa shape index (κ1) is 14.3. The Labute approximate surface area is 115 Å². The van der Waals surface area contributed by atoms with Crippen LogP contribution >= 0.6 is 11.3 Å². The quantitative estimate of drug-likeness (QED) is 0.856. The highest BCUT2D eigenvalue weighted by atomic mass is 32.2. The normalized spacial score (nSPS) is 16.1. The van der Waals surface area contributed by atoms with Gasteiger partial charge in [0.15, 0.2) is 0 Å². The zero-order valence-corrected chi connectivity index (χ0v) is 12.2. The van der Waals surface area contributed by atoms with Crippen molar-refractivity contribution in [1.82, 2.24) is 9.29 Å². The Hall–Kier alpha value is -1.15. The first-order valence-corrected chi connectivity index (χ1v) is 8.59. The molecular formula is C11H16N2O4S2. The standard InChI is InChI=1S/C11H16N2O4S2/c1-8-6-18-11(15)13(8)5-10(14)12-19(16,17)7-9-3-2-4-9/h6,9H,2-5,7H2,1H3,(H,12,14). The van der Waals surface area contributed by atoms with Gasteiger partial charge >= 0.3 is 4.87 Å². The van der Waals surface area contributed by atoms with E-state index in [0.717, 1.165) is 30.6 Å². The van der Waals surface area contributed by atoms with Crippen molar-refractivity contribution in [3.63, 3.8) is 0 Å². The Balaban J connectivity index is 1.95. The van der Waals surface area contributed by atoms with Crippen LogP contribution in [0, 0.1) is 12.8 Å². The van der Waals surface area contributed by atoms with Gasteiger partial charge in [-0.2, -0.15) is 0 Å². The average molecular weight is 304 g/mol. The molecule has 106 valence electrons. The van der Waals surface area contributed by atoms with Crippen LogP contribution in [0.2, 0.25) is 0 Å². The lowest BCUT2D eigenvalue weighted by Crippen LogP contribution is -2.39. The highest BCUT2D eigenvalue weighted by molar-refractivity contribution is 7.90. The molecule has 1 saturated carbocycles. The molecule has 8 heteroatoms. The summed E-state index contributed by atoms with van der Waals surface area (Å²) in [4.78, 5) is 22.8. The molecule has 1 aromatic rings. The molecule has 1 N–H and O–H groups in total. The highest BCUT2D eigenvalue weighted by Gasteiger charge is 2.25. The molecule has 1 aromatic heterocycles. The molecule has 2 rings (SSSR count). The second-order valence-electron chi connectivity index (χ2n) is 4.83. The van der Waals surface area contributed by atoms with Gasteiger partial charge < -0.3 is 0 Å². The smallest absolute Gasteiger partial charge is 0.294 e. The first-order valence-electron chi connectivity index (χ1n) is 6.05. The van der Waals surface area contributed by atoms with E-state index in [1.54, 1.807) is 12.3 Å². The molecule has 0 bridgehead atoms. The van der Waals surface area contributed by atoms with E-state index in [0.29, 0.717) is 5.69 Å². The van der Waals surface area contributed by atoms with Gasteiger partial charge in [0.2, 0.25) is 10.0 Å². The van der Waals surface area contributed by atoms with Gasteiger partial charge in [0.25, 0.3) is 5.91 Å². The van der Waals surface area contributed by atoms with E-state index in [-0.39, 0.29) is 23.1 Å². The molecule has 0 spiro atoms. The largest absolute Gasteiger partial charge is 0.307 e. The van der Waals surface area contributed by atoms with E-state index in [1.807, 2.05) is 4.72 Å². The SMILES string of the molecule is Cc1csc(=O)n1CC(=O)NS(=O)(=O)CC1CCC1. The molecule has 1 aliphatic rings.